The first kappa shape index (κ1) is 19.5. The molecule has 7 nitrogen and oxygen atoms in total. The Labute approximate surface area is 159 Å². The van der Waals surface area contributed by atoms with E-state index >= 15 is 0 Å². The van der Waals surface area contributed by atoms with E-state index in [4.69, 9.17) is 9.88 Å². The van der Waals surface area contributed by atoms with Gasteiger partial charge in [-0.05, 0) is 61.2 Å². The molecule has 0 bridgehead atoms. The molecule has 0 saturated carbocycles. The molecule has 1 aliphatic heterocycles. The summed E-state index contributed by atoms with van der Waals surface area (Å²) in [4.78, 5) is 16.7. The van der Waals surface area contributed by atoms with Crippen LogP contribution in [0.25, 0.3) is 0 Å². The van der Waals surface area contributed by atoms with Crippen molar-refractivity contribution in [2.75, 3.05) is 13.2 Å². The maximum atomic E-state index is 12.7. The van der Waals surface area contributed by atoms with Crippen molar-refractivity contribution in [1.29, 1.82) is 0 Å². The van der Waals surface area contributed by atoms with Crippen LogP contribution >= 0.6 is 0 Å². The highest BCUT2D eigenvalue weighted by Crippen LogP contribution is 2.22. The summed E-state index contributed by atoms with van der Waals surface area (Å²) in [7, 11) is -3.90. The van der Waals surface area contributed by atoms with Gasteiger partial charge in [0.05, 0.1) is 24.2 Å². The van der Waals surface area contributed by atoms with Crippen molar-refractivity contribution in [3.63, 3.8) is 0 Å². The molecular formula is C19H23N3O4S. The van der Waals surface area contributed by atoms with Gasteiger partial charge in [-0.15, -0.1) is 0 Å². The molecule has 1 amide bonds. The normalized spacial score (nSPS) is 19.8. The molecule has 3 N–H and O–H groups in total. The van der Waals surface area contributed by atoms with Crippen LogP contribution in [0.1, 0.15) is 27.0 Å². The lowest BCUT2D eigenvalue weighted by Crippen LogP contribution is -2.40. The zero-order valence-corrected chi connectivity index (χ0v) is 16.1. The first-order valence-corrected chi connectivity index (χ1v) is 10.2. The summed E-state index contributed by atoms with van der Waals surface area (Å²) in [6.07, 6.45) is 4.24. The molecule has 0 aliphatic carbocycles. The topological polar surface area (TPSA) is 111 Å². The Morgan fingerprint density at radius 1 is 1.26 bits per heavy atom. The van der Waals surface area contributed by atoms with E-state index in [2.05, 4.69) is 10.3 Å². The summed E-state index contributed by atoms with van der Waals surface area (Å²) < 4.78 is 29.2. The highest BCUT2D eigenvalue weighted by molar-refractivity contribution is 7.89. The maximum Gasteiger partial charge on any atom is 0.251 e. The average Bonchev–Trinajstić information content (AvgIpc) is 3.03. The Morgan fingerprint density at radius 3 is 2.63 bits per heavy atom. The number of pyridine rings is 1. The molecule has 0 spiro atoms. The minimum atomic E-state index is -3.90. The number of carbonyl (C=O) groups excluding carboxylic acids is 1. The van der Waals surface area contributed by atoms with E-state index in [9.17, 15) is 13.2 Å². The van der Waals surface area contributed by atoms with Crippen LogP contribution in [0.15, 0.2) is 41.6 Å². The van der Waals surface area contributed by atoms with Crippen molar-refractivity contribution < 1.29 is 17.9 Å². The van der Waals surface area contributed by atoms with E-state index in [1.54, 1.807) is 32.3 Å². The summed E-state index contributed by atoms with van der Waals surface area (Å²) in [5.74, 6) is -0.196. The molecule has 2 atom stereocenters. The number of aryl methyl sites for hydroxylation is 1. The summed E-state index contributed by atoms with van der Waals surface area (Å²) in [5.41, 5.74) is 2.65. The number of hydrogen-bond acceptors (Lipinski definition) is 5. The van der Waals surface area contributed by atoms with E-state index in [1.807, 2.05) is 12.1 Å². The van der Waals surface area contributed by atoms with E-state index < -0.39 is 10.0 Å². The molecule has 8 heteroatoms. The van der Waals surface area contributed by atoms with Crippen LogP contribution in [-0.2, 0) is 21.2 Å². The van der Waals surface area contributed by atoms with Gasteiger partial charge in [-0.3, -0.25) is 9.78 Å². The molecule has 1 fully saturated rings. The molecule has 1 aliphatic rings. The third-order valence-electron chi connectivity index (χ3n) is 4.95. The van der Waals surface area contributed by atoms with Crippen molar-refractivity contribution in [2.24, 2.45) is 11.1 Å². The highest BCUT2D eigenvalue weighted by Gasteiger charge is 2.30. The minimum Gasteiger partial charge on any atom is -0.379 e. The number of carbonyl (C=O) groups is 1. The maximum absolute atomic E-state index is 12.7. The van der Waals surface area contributed by atoms with Gasteiger partial charge in [0, 0.05) is 23.9 Å². The average molecular weight is 389 g/mol. The number of aromatic nitrogens is 1. The van der Waals surface area contributed by atoms with Crippen LogP contribution in [0.5, 0.6) is 0 Å². The van der Waals surface area contributed by atoms with Crippen LogP contribution in [0.2, 0.25) is 0 Å². The van der Waals surface area contributed by atoms with Crippen LogP contribution in [0, 0.1) is 19.8 Å². The Bertz CT molecular complexity index is 945. The van der Waals surface area contributed by atoms with Crippen molar-refractivity contribution in [3.05, 3.63) is 58.9 Å². The predicted molar refractivity (Wildman–Crippen MR) is 101 cm³/mol. The molecule has 0 radical (unpaired) electrons. The van der Waals surface area contributed by atoms with Crippen molar-refractivity contribution >= 4 is 15.9 Å². The molecule has 2 heterocycles. The minimum absolute atomic E-state index is 0.0244. The molecule has 1 aromatic carbocycles. The van der Waals surface area contributed by atoms with E-state index in [0.717, 1.165) is 12.0 Å². The predicted octanol–water partition coefficient (Wildman–Crippen LogP) is 1.33. The number of rotatable bonds is 5. The number of sulfonamides is 1. The van der Waals surface area contributed by atoms with E-state index in [0.29, 0.717) is 24.3 Å². The standard InChI is InChI=1S/C19H23N3O4S/c1-12-7-15(9-18(13(12)2)27(20,24)25)19(23)22-17-11-26-10-16(17)8-14-3-5-21-6-4-14/h3-7,9,16-17H,8,10-11H2,1-2H3,(H,22,23)(H2,20,24,25)/t16-,17-/m1/s1. The van der Waals surface area contributed by atoms with Gasteiger partial charge in [0.15, 0.2) is 0 Å². The Hall–Kier alpha value is -2.29. The van der Waals surface area contributed by atoms with Gasteiger partial charge in [0.25, 0.3) is 5.91 Å². The molecular weight excluding hydrogens is 366 g/mol. The molecule has 2 aromatic rings. The lowest BCUT2D eigenvalue weighted by molar-refractivity contribution is 0.0924. The largest absolute Gasteiger partial charge is 0.379 e. The fourth-order valence-electron chi connectivity index (χ4n) is 3.29. The first-order valence-electron chi connectivity index (χ1n) is 8.67. The van der Waals surface area contributed by atoms with Crippen LogP contribution in [0.3, 0.4) is 0 Å². The second kappa shape index (κ2) is 7.75. The molecule has 3 rings (SSSR count). The number of ether oxygens (including phenoxy) is 1. The van der Waals surface area contributed by atoms with Crippen LogP contribution in [0.4, 0.5) is 0 Å². The van der Waals surface area contributed by atoms with Crippen LogP contribution < -0.4 is 10.5 Å². The molecule has 1 saturated heterocycles. The summed E-state index contributed by atoms with van der Waals surface area (Å²) >= 11 is 0. The van der Waals surface area contributed by atoms with Gasteiger partial charge in [-0.2, -0.15) is 0 Å². The second-order valence-electron chi connectivity index (χ2n) is 6.90. The number of primary sulfonamides is 1. The zero-order valence-electron chi connectivity index (χ0n) is 15.3. The Balaban J connectivity index is 1.78. The summed E-state index contributed by atoms with van der Waals surface area (Å²) in [6.45, 7) is 4.41. The SMILES string of the molecule is Cc1cc(C(=O)N[C@@H]2COC[C@H]2Cc2ccncc2)cc(S(N)(=O)=O)c1C. The fraction of sp³-hybridized carbons (Fsp3) is 0.368. The van der Waals surface area contributed by atoms with Gasteiger partial charge >= 0.3 is 0 Å². The third kappa shape index (κ3) is 4.52. The van der Waals surface area contributed by atoms with Gasteiger partial charge in [0.2, 0.25) is 10.0 Å². The first-order chi connectivity index (χ1) is 12.8. The third-order valence-corrected chi connectivity index (χ3v) is 5.99. The Morgan fingerprint density at radius 2 is 1.96 bits per heavy atom. The van der Waals surface area contributed by atoms with Gasteiger partial charge in [-0.1, -0.05) is 0 Å². The molecule has 144 valence electrons. The number of amides is 1. The number of hydrogen-bond donors (Lipinski definition) is 2. The van der Waals surface area contributed by atoms with E-state index in [1.165, 1.54) is 6.07 Å². The van der Waals surface area contributed by atoms with Crippen LogP contribution in [-0.4, -0.2) is 38.6 Å². The van der Waals surface area contributed by atoms with Gasteiger partial charge in [-0.25, -0.2) is 13.6 Å². The van der Waals surface area contributed by atoms with Crippen molar-refractivity contribution in [3.8, 4) is 0 Å². The number of benzene rings is 1. The second-order valence-corrected chi connectivity index (χ2v) is 8.43. The molecule has 1 aromatic heterocycles. The van der Waals surface area contributed by atoms with Crippen molar-refractivity contribution in [1.82, 2.24) is 10.3 Å². The molecule has 0 unspecified atom stereocenters. The lowest BCUT2D eigenvalue weighted by atomic mass is 9.95. The quantitative estimate of drug-likeness (QED) is 0.801. The van der Waals surface area contributed by atoms with E-state index in [-0.39, 0.29) is 28.3 Å². The number of nitrogens with one attached hydrogen (secondary N) is 1. The van der Waals surface area contributed by atoms with Gasteiger partial charge < -0.3 is 10.1 Å². The van der Waals surface area contributed by atoms with Crippen molar-refractivity contribution in [2.45, 2.75) is 31.2 Å². The molecule has 27 heavy (non-hydrogen) atoms. The smallest absolute Gasteiger partial charge is 0.251 e. The summed E-state index contributed by atoms with van der Waals surface area (Å²) in [6, 6.07) is 6.75. The lowest BCUT2D eigenvalue weighted by Gasteiger charge is -2.20. The van der Waals surface area contributed by atoms with Gasteiger partial charge in [0.1, 0.15) is 0 Å². The highest BCUT2D eigenvalue weighted by atomic mass is 32.2. The monoisotopic (exact) mass is 389 g/mol. The fourth-order valence-corrected chi connectivity index (χ4v) is 4.17. The Kier molecular flexibility index (Phi) is 5.59. The number of nitrogens with two attached hydrogens (primary N) is 1. The zero-order chi connectivity index (χ0) is 19.6. The number of nitrogens with zero attached hydrogens (tertiary/aromatic N) is 1. The summed E-state index contributed by atoms with van der Waals surface area (Å²) in [5, 5.41) is 8.26.